The van der Waals surface area contributed by atoms with Crippen molar-refractivity contribution in [2.75, 3.05) is 31.7 Å². The minimum atomic E-state index is -0.268. The molecule has 1 aliphatic rings. The molecule has 7 heteroatoms. The van der Waals surface area contributed by atoms with Gasteiger partial charge >= 0.3 is 0 Å². The number of hydrogen-bond acceptors (Lipinski definition) is 6. The maximum Gasteiger partial charge on any atom is 0.261 e. The van der Waals surface area contributed by atoms with Gasteiger partial charge in [-0.05, 0) is 63.2 Å². The fourth-order valence-corrected chi connectivity index (χ4v) is 3.57. The van der Waals surface area contributed by atoms with E-state index >= 15 is 0 Å². The third kappa shape index (κ3) is 4.89. The van der Waals surface area contributed by atoms with Crippen LogP contribution in [0.25, 0.3) is 10.9 Å². The summed E-state index contributed by atoms with van der Waals surface area (Å²) in [6.07, 6.45) is 0. The van der Waals surface area contributed by atoms with Gasteiger partial charge < -0.3 is 14.8 Å². The van der Waals surface area contributed by atoms with Crippen LogP contribution in [0.4, 0.5) is 5.82 Å². The standard InChI is InChI=1S/C25H27N3O4/c1-25(2,3)27-22-11-8-17-16-18(9-10-21(17)26-22)32-15-14-31-13-12-28-23(29)19-6-4-5-7-20(19)24(28)30/h4-11,16H,12-15H2,1-3H3,(H,26,27). The van der Waals surface area contributed by atoms with E-state index in [2.05, 4.69) is 31.1 Å². The normalized spacial score (nSPS) is 13.5. The molecular weight excluding hydrogens is 406 g/mol. The topological polar surface area (TPSA) is 80.8 Å². The van der Waals surface area contributed by atoms with Crippen LogP contribution in [0.15, 0.2) is 54.6 Å². The van der Waals surface area contributed by atoms with E-state index in [0.717, 1.165) is 22.5 Å². The van der Waals surface area contributed by atoms with Crippen molar-refractivity contribution in [3.8, 4) is 5.75 Å². The molecule has 1 aliphatic heterocycles. The number of anilines is 1. The van der Waals surface area contributed by atoms with Gasteiger partial charge in [0.25, 0.3) is 11.8 Å². The summed E-state index contributed by atoms with van der Waals surface area (Å²) >= 11 is 0. The predicted molar refractivity (Wildman–Crippen MR) is 123 cm³/mol. The predicted octanol–water partition coefficient (Wildman–Crippen LogP) is 4.14. The SMILES string of the molecule is CC(C)(C)Nc1ccc2cc(OCCOCCN3C(=O)c4ccccc4C3=O)ccc2n1. The van der Waals surface area contributed by atoms with Gasteiger partial charge in [-0.25, -0.2) is 4.98 Å². The largest absolute Gasteiger partial charge is 0.491 e. The molecule has 32 heavy (non-hydrogen) atoms. The molecule has 2 heterocycles. The van der Waals surface area contributed by atoms with Gasteiger partial charge in [0, 0.05) is 10.9 Å². The molecule has 1 aromatic heterocycles. The van der Waals surface area contributed by atoms with E-state index in [0.29, 0.717) is 24.3 Å². The van der Waals surface area contributed by atoms with E-state index in [9.17, 15) is 9.59 Å². The molecule has 0 aliphatic carbocycles. The number of carbonyl (C=O) groups is 2. The van der Waals surface area contributed by atoms with Crippen molar-refractivity contribution in [2.45, 2.75) is 26.3 Å². The van der Waals surface area contributed by atoms with Crippen LogP contribution in [0.1, 0.15) is 41.5 Å². The number of benzene rings is 2. The molecule has 166 valence electrons. The lowest BCUT2D eigenvalue weighted by molar-refractivity contribution is 0.0528. The zero-order chi connectivity index (χ0) is 22.7. The van der Waals surface area contributed by atoms with Crippen LogP contribution in [0.3, 0.4) is 0 Å². The van der Waals surface area contributed by atoms with Crippen molar-refractivity contribution in [3.05, 3.63) is 65.7 Å². The maximum absolute atomic E-state index is 12.3. The lowest BCUT2D eigenvalue weighted by atomic mass is 10.1. The Morgan fingerprint density at radius 1 is 0.906 bits per heavy atom. The number of rotatable bonds is 8. The van der Waals surface area contributed by atoms with Crippen LogP contribution in [0, 0.1) is 0 Å². The Labute approximate surface area is 187 Å². The summed E-state index contributed by atoms with van der Waals surface area (Å²) in [4.78, 5) is 30.5. The summed E-state index contributed by atoms with van der Waals surface area (Å²) < 4.78 is 11.3. The first kappa shape index (κ1) is 21.8. The highest BCUT2D eigenvalue weighted by atomic mass is 16.5. The van der Waals surface area contributed by atoms with Crippen molar-refractivity contribution >= 4 is 28.5 Å². The first-order valence-electron chi connectivity index (χ1n) is 10.7. The number of nitrogens with zero attached hydrogens (tertiary/aromatic N) is 2. The molecular formula is C25H27N3O4. The maximum atomic E-state index is 12.3. The fourth-order valence-electron chi connectivity index (χ4n) is 3.57. The molecule has 3 aromatic rings. The molecule has 7 nitrogen and oxygen atoms in total. The van der Waals surface area contributed by atoms with E-state index in [1.807, 2.05) is 30.3 Å². The lowest BCUT2D eigenvalue weighted by Gasteiger charge is -2.21. The van der Waals surface area contributed by atoms with Gasteiger partial charge in [-0.3, -0.25) is 14.5 Å². The van der Waals surface area contributed by atoms with E-state index < -0.39 is 0 Å². The van der Waals surface area contributed by atoms with Crippen molar-refractivity contribution in [2.24, 2.45) is 0 Å². The average Bonchev–Trinajstić information content (AvgIpc) is 3.00. The molecule has 1 N–H and O–H groups in total. The Balaban J connectivity index is 1.22. The summed E-state index contributed by atoms with van der Waals surface area (Å²) in [5, 5.41) is 4.36. The second kappa shape index (κ2) is 8.96. The Kier molecular flexibility index (Phi) is 6.10. The zero-order valence-corrected chi connectivity index (χ0v) is 18.6. The van der Waals surface area contributed by atoms with Crippen LogP contribution in [0.2, 0.25) is 0 Å². The van der Waals surface area contributed by atoms with E-state index in [1.165, 1.54) is 4.90 Å². The highest BCUT2D eigenvalue weighted by Crippen LogP contribution is 2.23. The number of nitrogens with one attached hydrogen (secondary N) is 1. The van der Waals surface area contributed by atoms with E-state index in [1.54, 1.807) is 24.3 Å². The summed E-state index contributed by atoms with van der Waals surface area (Å²) in [5.41, 5.74) is 1.74. The third-order valence-corrected chi connectivity index (χ3v) is 5.00. The highest BCUT2D eigenvalue weighted by Gasteiger charge is 2.34. The van der Waals surface area contributed by atoms with E-state index in [4.69, 9.17) is 9.47 Å². The lowest BCUT2D eigenvalue weighted by Crippen LogP contribution is -2.33. The van der Waals surface area contributed by atoms with Crippen molar-refractivity contribution in [3.63, 3.8) is 0 Å². The molecule has 0 fully saturated rings. The molecule has 4 rings (SSSR count). The number of pyridine rings is 1. The Morgan fingerprint density at radius 2 is 1.62 bits per heavy atom. The zero-order valence-electron chi connectivity index (χ0n) is 18.6. The molecule has 2 aromatic carbocycles. The summed E-state index contributed by atoms with van der Waals surface area (Å²) in [6.45, 7) is 7.49. The molecule has 0 saturated heterocycles. The number of imide groups is 1. The van der Waals surface area contributed by atoms with Crippen molar-refractivity contribution in [1.29, 1.82) is 0 Å². The molecule has 2 amide bonds. The first-order chi connectivity index (χ1) is 15.3. The van der Waals surface area contributed by atoms with Gasteiger partial charge in [0.1, 0.15) is 18.2 Å². The Bertz CT molecular complexity index is 1120. The Hall–Kier alpha value is -3.45. The molecule has 0 atom stereocenters. The molecule has 0 saturated carbocycles. The van der Waals surface area contributed by atoms with Crippen LogP contribution < -0.4 is 10.1 Å². The highest BCUT2D eigenvalue weighted by molar-refractivity contribution is 6.21. The number of carbonyl (C=O) groups excluding carboxylic acids is 2. The van der Waals surface area contributed by atoms with Crippen molar-refractivity contribution < 1.29 is 19.1 Å². The summed E-state index contributed by atoms with van der Waals surface area (Å²) in [6, 6.07) is 16.6. The smallest absolute Gasteiger partial charge is 0.261 e. The van der Waals surface area contributed by atoms with Crippen LogP contribution in [-0.4, -0.2) is 53.6 Å². The number of hydrogen-bond donors (Lipinski definition) is 1. The number of ether oxygens (including phenoxy) is 2. The van der Waals surface area contributed by atoms with Gasteiger partial charge in [0.2, 0.25) is 0 Å². The van der Waals surface area contributed by atoms with Crippen LogP contribution in [0.5, 0.6) is 5.75 Å². The van der Waals surface area contributed by atoms with Gasteiger partial charge in [0.15, 0.2) is 0 Å². The van der Waals surface area contributed by atoms with Crippen LogP contribution >= 0.6 is 0 Å². The summed E-state index contributed by atoms with van der Waals surface area (Å²) in [5.74, 6) is 1.04. The molecule has 0 radical (unpaired) electrons. The monoisotopic (exact) mass is 433 g/mol. The van der Waals surface area contributed by atoms with E-state index in [-0.39, 0.29) is 30.5 Å². The van der Waals surface area contributed by atoms with Crippen molar-refractivity contribution in [1.82, 2.24) is 9.88 Å². The molecule has 0 bridgehead atoms. The second-order valence-electron chi connectivity index (χ2n) is 8.69. The number of aromatic nitrogens is 1. The second-order valence-corrected chi connectivity index (χ2v) is 8.69. The molecule has 0 unspecified atom stereocenters. The summed E-state index contributed by atoms with van der Waals surface area (Å²) in [7, 11) is 0. The molecule has 0 spiro atoms. The van der Waals surface area contributed by atoms with Gasteiger partial charge in [-0.1, -0.05) is 12.1 Å². The number of fused-ring (bicyclic) bond motifs is 2. The van der Waals surface area contributed by atoms with Crippen LogP contribution in [-0.2, 0) is 4.74 Å². The average molecular weight is 434 g/mol. The third-order valence-electron chi connectivity index (χ3n) is 5.00. The minimum Gasteiger partial charge on any atom is -0.491 e. The fraction of sp³-hybridized carbons (Fsp3) is 0.320. The first-order valence-corrected chi connectivity index (χ1v) is 10.7. The van der Waals surface area contributed by atoms with Gasteiger partial charge in [0.05, 0.1) is 36.4 Å². The number of amides is 2. The minimum absolute atomic E-state index is 0.0525. The van der Waals surface area contributed by atoms with Gasteiger partial charge in [-0.2, -0.15) is 0 Å². The Morgan fingerprint density at radius 3 is 2.31 bits per heavy atom. The quantitative estimate of drug-likeness (QED) is 0.425. The van der Waals surface area contributed by atoms with Gasteiger partial charge in [-0.15, -0.1) is 0 Å².